The van der Waals surface area contributed by atoms with Crippen molar-refractivity contribution in [1.29, 1.82) is 0 Å². The van der Waals surface area contributed by atoms with Crippen molar-refractivity contribution in [1.82, 2.24) is 5.32 Å². The van der Waals surface area contributed by atoms with Crippen molar-refractivity contribution < 1.29 is 19.5 Å². The Hall–Kier alpha value is -2.94. The fourth-order valence-electron chi connectivity index (χ4n) is 3.61. The topological polar surface area (TPSA) is 93.9 Å². The summed E-state index contributed by atoms with van der Waals surface area (Å²) in [6, 6.07) is 14.4. The molecule has 2 aromatic rings. The molecule has 2 aromatic carbocycles. The van der Waals surface area contributed by atoms with Crippen molar-refractivity contribution in [2.24, 2.45) is 0 Å². The minimum Gasteiger partial charge on any atom is -0.489 e. The van der Waals surface area contributed by atoms with E-state index in [-0.39, 0.29) is 30.6 Å². The zero-order chi connectivity index (χ0) is 23.3. The van der Waals surface area contributed by atoms with Crippen LogP contribution in [-0.4, -0.2) is 28.3 Å². The molecule has 32 heavy (non-hydrogen) atoms. The molecule has 1 aliphatic heterocycles. The molecule has 0 fully saturated rings. The van der Waals surface area contributed by atoms with Gasteiger partial charge in [-0.25, -0.2) is 0 Å². The van der Waals surface area contributed by atoms with Crippen molar-refractivity contribution in [3.63, 3.8) is 0 Å². The number of aliphatic hydroxyl groups excluding tert-OH is 1. The fourth-order valence-corrected chi connectivity index (χ4v) is 4.09. The lowest BCUT2D eigenvalue weighted by molar-refractivity contribution is -0.431. The third-order valence-corrected chi connectivity index (χ3v) is 5.59. The van der Waals surface area contributed by atoms with Crippen LogP contribution in [0.15, 0.2) is 71.2 Å². The average molecular weight is 475 g/mol. The molecule has 1 unspecified atom stereocenters. The van der Waals surface area contributed by atoms with E-state index in [1.165, 1.54) is 0 Å². The quantitative estimate of drug-likeness (QED) is 0.324. The zero-order valence-electron chi connectivity index (χ0n) is 17.6. The Morgan fingerprint density at radius 3 is 2.53 bits per heavy atom. The molecule has 0 saturated heterocycles. The van der Waals surface area contributed by atoms with Gasteiger partial charge < -0.3 is 19.9 Å². The van der Waals surface area contributed by atoms with Gasteiger partial charge >= 0.3 is 0 Å². The molecule has 0 aromatic heterocycles. The Kier molecular flexibility index (Phi) is 7.84. The molecule has 0 spiro atoms. The predicted octanol–water partition coefficient (Wildman–Crippen LogP) is 4.72. The summed E-state index contributed by atoms with van der Waals surface area (Å²) in [5, 5.41) is 24.9. The third-order valence-electron chi connectivity index (χ3n) is 5.00. The molecule has 0 radical (unpaired) electrons. The summed E-state index contributed by atoms with van der Waals surface area (Å²) in [4.78, 5) is 11.7. The number of nitrogens with zero attached hydrogens (tertiary/aromatic N) is 1. The normalized spacial score (nSPS) is 15.9. The van der Waals surface area contributed by atoms with E-state index in [0.29, 0.717) is 33.3 Å². The number of thiocarbonyl (C=S) groups is 1. The lowest BCUT2D eigenvalue weighted by Crippen LogP contribution is -2.31. The maximum atomic E-state index is 12.1. The van der Waals surface area contributed by atoms with Gasteiger partial charge in [0.15, 0.2) is 5.05 Å². The minimum atomic E-state index is -0.807. The predicted molar refractivity (Wildman–Crippen MR) is 126 cm³/mol. The summed E-state index contributed by atoms with van der Waals surface area (Å²) >= 11 is 11.4. The number of aliphatic hydroxyl groups is 1. The van der Waals surface area contributed by atoms with Crippen LogP contribution >= 0.6 is 23.8 Å². The lowest BCUT2D eigenvalue weighted by Gasteiger charge is -2.28. The van der Waals surface area contributed by atoms with Gasteiger partial charge in [-0.3, -0.25) is 10.1 Å². The molecule has 0 saturated carbocycles. The number of rotatable bonds is 8. The number of hydrogen-bond donors (Lipinski definition) is 2. The number of allylic oxidation sites excluding steroid dienone is 3. The van der Waals surface area contributed by atoms with E-state index in [2.05, 4.69) is 5.32 Å². The second kappa shape index (κ2) is 10.6. The van der Waals surface area contributed by atoms with Crippen LogP contribution in [0.3, 0.4) is 0 Å². The first-order valence-corrected chi connectivity index (χ1v) is 10.7. The maximum absolute atomic E-state index is 12.1. The van der Waals surface area contributed by atoms with Crippen LogP contribution in [0.2, 0.25) is 5.02 Å². The maximum Gasteiger partial charge on any atom is 0.277 e. The number of halogens is 1. The summed E-state index contributed by atoms with van der Waals surface area (Å²) in [5.41, 5.74) is 2.99. The van der Waals surface area contributed by atoms with Gasteiger partial charge in [0.1, 0.15) is 24.9 Å². The molecule has 7 nitrogen and oxygen atoms in total. The van der Waals surface area contributed by atoms with E-state index < -0.39 is 10.8 Å². The van der Waals surface area contributed by atoms with Crippen LogP contribution in [0.5, 0.6) is 5.75 Å². The standard InChI is InChI=1S/C23H23ClN2O5S/c1-14-20(23(32)30-12-11-27)21(22(26(28)29)15(2)25-14)18-5-3-4-6-19(18)31-13-16-7-9-17(24)10-8-16/h3-10,21,25,27H,11-13H2,1-2H3. The van der Waals surface area contributed by atoms with Crippen LogP contribution in [-0.2, 0) is 11.3 Å². The van der Waals surface area contributed by atoms with Gasteiger partial charge in [-0.05, 0) is 49.8 Å². The van der Waals surface area contributed by atoms with Gasteiger partial charge in [-0.15, -0.1) is 0 Å². The summed E-state index contributed by atoms with van der Waals surface area (Å²) in [7, 11) is 0. The molecule has 9 heteroatoms. The summed E-state index contributed by atoms with van der Waals surface area (Å²) < 4.78 is 11.6. The first kappa shape index (κ1) is 23.7. The van der Waals surface area contributed by atoms with Gasteiger partial charge in [0.2, 0.25) is 0 Å². The molecule has 168 valence electrons. The minimum absolute atomic E-state index is 0.00641. The van der Waals surface area contributed by atoms with E-state index in [9.17, 15) is 10.1 Å². The van der Waals surface area contributed by atoms with Gasteiger partial charge in [-0.2, -0.15) is 0 Å². The first-order chi connectivity index (χ1) is 15.3. The summed E-state index contributed by atoms with van der Waals surface area (Å²) in [6.07, 6.45) is 0. The average Bonchev–Trinajstić information content (AvgIpc) is 2.76. The summed E-state index contributed by atoms with van der Waals surface area (Å²) in [6.45, 7) is 3.48. The molecule has 1 atom stereocenters. The van der Waals surface area contributed by atoms with Crippen molar-refractivity contribution in [2.45, 2.75) is 26.4 Å². The van der Waals surface area contributed by atoms with Crippen molar-refractivity contribution in [2.75, 3.05) is 13.2 Å². The zero-order valence-corrected chi connectivity index (χ0v) is 19.2. The van der Waals surface area contributed by atoms with Gasteiger partial charge in [0, 0.05) is 21.9 Å². The van der Waals surface area contributed by atoms with Crippen LogP contribution < -0.4 is 10.1 Å². The highest BCUT2D eigenvalue weighted by molar-refractivity contribution is 7.80. The van der Waals surface area contributed by atoms with E-state index >= 15 is 0 Å². The largest absolute Gasteiger partial charge is 0.489 e. The highest BCUT2D eigenvalue weighted by Gasteiger charge is 2.40. The molecule has 3 rings (SSSR count). The van der Waals surface area contributed by atoms with Crippen molar-refractivity contribution in [3.8, 4) is 5.75 Å². The molecule has 1 aliphatic rings. The molecule has 1 heterocycles. The third kappa shape index (κ3) is 5.27. The van der Waals surface area contributed by atoms with Crippen molar-refractivity contribution >= 4 is 28.9 Å². The van der Waals surface area contributed by atoms with Crippen LogP contribution in [0, 0.1) is 10.1 Å². The number of benzene rings is 2. The Balaban J connectivity index is 2.04. The van der Waals surface area contributed by atoms with Gasteiger partial charge in [-0.1, -0.05) is 41.9 Å². The Labute approximate surface area is 196 Å². The van der Waals surface area contributed by atoms with Crippen LogP contribution in [0.25, 0.3) is 0 Å². The molecular weight excluding hydrogens is 452 g/mol. The second-order valence-electron chi connectivity index (χ2n) is 7.18. The van der Waals surface area contributed by atoms with E-state index in [0.717, 1.165) is 5.56 Å². The molecule has 2 N–H and O–H groups in total. The summed E-state index contributed by atoms with van der Waals surface area (Å²) in [5.74, 6) is -0.310. The number of ether oxygens (including phenoxy) is 2. The Morgan fingerprint density at radius 1 is 1.19 bits per heavy atom. The monoisotopic (exact) mass is 474 g/mol. The van der Waals surface area contributed by atoms with Crippen LogP contribution in [0.4, 0.5) is 0 Å². The Bertz CT molecular complexity index is 1080. The lowest BCUT2D eigenvalue weighted by atomic mass is 9.84. The molecule has 0 bridgehead atoms. The highest BCUT2D eigenvalue weighted by atomic mass is 35.5. The smallest absolute Gasteiger partial charge is 0.277 e. The highest BCUT2D eigenvalue weighted by Crippen LogP contribution is 2.42. The Morgan fingerprint density at radius 2 is 1.88 bits per heavy atom. The molecule has 0 aliphatic carbocycles. The SMILES string of the molecule is CC1=C(C(=S)OCCO)C(c2ccccc2OCc2ccc(Cl)cc2)C([N+](=O)[O-])=C(C)N1. The van der Waals surface area contributed by atoms with Crippen LogP contribution in [0.1, 0.15) is 30.9 Å². The number of nitrogens with one attached hydrogen (secondary N) is 1. The van der Waals surface area contributed by atoms with Gasteiger partial charge in [0.25, 0.3) is 5.70 Å². The molecular formula is C23H23ClN2O5S. The number of nitro groups is 1. The van der Waals surface area contributed by atoms with E-state index in [4.69, 9.17) is 38.4 Å². The number of dihydropyridines is 1. The van der Waals surface area contributed by atoms with E-state index in [1.807, 2.05) is 12.1 Å². The number of para-hydroxylation sites is 1. The first-order valence-electron chi connectivity index (χ1n) is 9.90. The van der Waals surface area contributed by atoms with E-state index in [1.54, 1.807) is 50.2 Å². The molecule has 0 amide bonds. The van der Waals surface area contributed by atoms with Crippen molar-refractivity contribution in [3.05, 3.63) is 97.5 Å². The number of hydrogen-bond acceptors (Lipinski definition) is 7. The second-order valence-corrected chi connectivity index (χ2v) is 7.98. The van der Waals surface area contributed by atoms with Gasteiger partial charge in [0.05, 0.1) is 17.2 Å². The fraction of sp³-hybridized carbons (Fsp3) is 0.261.